The number of anilines is 1. The lowest BCUT2D eigenvalue weighted by Crippen LogP contribution is -2.30. The van der Waals surface area contributed by atoms with Crippen LogP contribution in [0.15, 0.2) is 6.07 Å². The van der Waals surface area contributed by atoms with E-state index in [-0.39, 0.29) is 17.1 Å². The van der Waals surface area contributed by atoms with Crippen LogP contribution < -0.4 is 15.4 Å². The molecule has 1 aromatic heterocycles. The first-order valence-electron chi connectivity index (χ1n) is 10.7. The van der Waals surface area contributed by atoms with E-state index in [2.05, 4.69) is 15.0 Å². The van der Waals surface area contributed by atoms with Crippen molar-refractivity contribution in [2.75, 3.05) is 31.5 Å². The molecule has 5 N–H and O–H groups in total. The Morgan fingerprint density at radius 2 is 1.89 bits per heavy atom. The molecule has 1 aliphatic heterocycles. The highest BCUT2D eigenvalue weighted by Crippen LogP contribution is 2.32. The number of nitrogens with zero attached hydrogens (tertiary/aromatic N) is 2. The summed E-state index contributed by atoms with van der Waals surface area (Å²) < 4.78 is 50.7. The maximum absolute atomic E-state index is 14.0. The first-order chi connectivity index (χ1) is 16.6. The van der Waals surface area contributed by atoms with Gasteiger partial charge >= 0.3 is 12.0 Å². The number of aliphatic hydroxyl groups is 2. The summed E-state index contributed by atoms with van der Waals surface area (Å²) >= 11 is 0.599. The molecule has 10 nitrogen and oxygen atoms in total. The van der Waals surface area contributed by atoms with E-state index in [1.165, 1.54) is 6.92 Å². The van der Waals surface area contributed by atoms with E-state index >= 15 is 0 Å². The number of halogens is 3. The SMILES string of the molecule is Cc1cc(F)c(COc2nsc(NC(=O)NCCCCN3CC(O)C(O)C3)c2C(=O)O)c(F)c1F. The molecule has 1 saturated heterocycles. The van der Waals surface area contributed by atoms with E-state index in [4.69, 9.17) is 4.74 Å². The number of aryl methyl sites for hydroxylation is 1. The van der Waals surface area contributed by atoms with Crippen LogP contribution in [-0.2, 0) is 6.61 Å². The topological polar surface area (TPSA) is 144 Å². The minimum Gasteiger partial charge on any atom is -0.477 e. The number of aromatic nitrogens is 1. The smallest absolute Gasteiger partial charge is 0.344 e. The second-order valence-corrected chi connectivity index (χ2v) is 8.82. The molecule has 2 amide bonds. The first-order valence-corrected chi connectivity index (χ1v) is 11.5. The summed E-state index contributed by atoms with van der Waals surface area (Å²) in [5.41, 5.74) is -1.46. The van der Waals surface area contributed by atoms with Crippen molar-refractivity contribution in [3.05, 3.63) is 40.2 Å². The van der Waals surface area contributed by atoms with Crippen molar-refractivity contribution in [3.8, 4) is 5.88 Å². The van der Waals surface area contributed by atoms with Crippen molar-refractivity contribution in [1.82, 2.24) is 14.6 Å². The number of carbonyl (C=O) groups is 2. The van der Waals surface area contributed by atoms with Crippen molar-refractivity contribution in [2.45, 2.75) is 38.6 Å². The van der Waals surface area contributed by atoms with Gasteiger partial charge in [0, 0.05) is 19.6 Å². The summed E-state index contributed by atoms with van der Waals surface area (Å²) in [6.45, 7) is 2.09. The number of benzene rings is 1. The van der Waals surface area contributed by atoms with Crippen LogP contribution in [0.2, 0.25) is 0 Å². The van der Waals surface area contributed by atoms with Crippen LogP contribution in [0.1, 0.15) is 34.3 Å². The summed E-state index contributed by atoms with van der Waals surface area (Å²) in [6, 6.07) is 0.109. The number of nitrogens with one attached hydrogen (secondary N) is 2. The molecule has 2 heterocycles. The number of hydrogen-bond donors (Lipinski definition) is 5. The average molecular weight is 519 g/mol. The molecule has 1 aliphatic rings. The zero-order valence-electron chi connectivity index (χ0n) is 18.7. The predicted molar refractivity (Wildman–Crippen MR) is 119 cm³/mol. The maximum Gasteiger partial charge on any atom is 0.344 e. The highest BCUT2D eigenvalue weighted by atomic mass is 32.1. The second-order valence-electron chi connectivity index (χ2n) is 8.05. The second kappa shape index (κ2) is 11.7. The Kier molecular flexibility index (Phi) is 8.88. The van der Waals surface area contributed by atoms with Crippen molar-refractivity contribution in [2.24, 2.45) is 0 Å². The molecule has 2 atom stereocenters. The lowest BCUT2D eigenvalue weighted by Gasteiger charge is -2.14. The van der Waals surface area contributed by atoms with Gasteiger partial charge in [0.1, 0.15) is 17.4 Å². The van der Waals surface area contributed by atoms with Gasteiger partial charge in [0.15, 0.2) is 17.2 Å². The molecule has 0 radical (unpaired) electrons. The number of likely N-dealkylation sites (tertiary alicyclic amines) is 1. The van der Waals surface area contributed by atoms with Gasteiger partial charge in [-0.1, -0.05) is 0 Å². The zero-order chi connectivity index (χ0) is 25.7. The third-order valence-electron chi connectivity index (χ3n) is 5.41. The molecule has 0 spiro atoms. The molecule has 1 fully saturated rings. The molecular weight excluding hydrogens is 493 g/mol. The molecule has 0 aliphatic carbocycles. The highest BCUT2D eigenvalue weighted by molar-refractivity contribution is 7.11. The minimum absolute atomic E-state index is 0.152. The van der Waals surface area contributed by atoms with Crippen LogP contribution in [0.25, 0.3) is 0 Å². The third-order valence-corrected chi connectivity index (χ3v) is 6.16. The number of rotatable bonds is 10. The van der Waals surface area contributed by atoms with Crippen molar-refractivity contribution < 1.29 is 42.8 Å². The van der Waals surface area contributed by atoms with Gasteiger partial charge in [-0.05, 0) is 49.5 Å². The van der Waals surface area contributed by atoms with Crippen LogP contribution in [-0.4, -0.2) is 75.0 Å². The Labute approximate surface area is 202 Å². The standard InChI is InChI=1S/C21H25F3N4O6S/c1-10-6-12(22)11(17(24)16(10)23)9-34-18-15(20(31)32)19(35-27-18)26-21(33)25-4-2-3-5-28-7-13(29)14(30)8-28/h6,13-14,29-30H,2-5,7-9H2,1H3,(H,31,32)(H2,25,26,33). The molecule has 35 heavy (non-hydrogen) atoms. The normalized spacial score (nSPS) is 18.0. The molecule has 1 aromatic carbocycles. The number of urea groups is 1. The fourth-order valence-electron chi connectivity index (χ4n) is 3.51. The van der Waals surface area contributed by atoms with Gasteiger partial charge in [-0.2, -0.15) is 4.37 Å². The van der Waals surface area contributed by atoms with Crippen molar-refractivity contribution >= 4 is 28.5 Å². The summed E-state index contributed by atoms with van der Waals surface area (Å²) in [5, 5.41) is 33.3. The summed E-state index contributed by atoms with van der Waals surface area (Å²) in [7, 11) is 0. The Hall–Kier alpha value is -2.94. The number of carbonyl (C=O) groups excluding carboxylic acids is 1. The first kappa shape index (κ1) is 26.7. The van der Waals surface area contributed by atoms with Gasteiger partial charge in [-0.3, -0.25) is 10.2 Å². The van der Waals surface area contributed by atoms with Crippen LogP contribution in [0.5, 0.6) is 5.88 Å². The van der Waals surface area contributed by atoms with Crippen LogP contribution in [0.4, 0.5) is 23.0 Å². The van der Waals surface area contributed by atoms with Gasteiger partial charge in [0.2, 0.25) is 5.88 Å². The maximum atomic E-state index is 14.0. The van der Waals surface area contributed by atoms with Gasteiger partial charge in [-0.25, -0.2) is 22.8 Å². The fraction of sp³-hybridized carbons (Fsp3) is 0.476. The van der Waals surface area contributed by atoms with Crippen LogP contribution in [0.3, 0.4) is 0 Å². The summed E-state index contributed by atoms with van der Waals surface area (Å²) in [6.07, 6.45) is -0.215. The molecular formula is C21H25F3N4O6S. The van der Waals surface area contributed by atoms with Gasteiger partial charge < -0.3 is 25.4 Å². The van der Waals surface area contributed by atoms with E-state index < -0.39 is 65.3 Å². The molecule has 0 bridgehead atoms. The molecule has 14 heteroatoms. The lowest BCUT2D eigenvalue weighted by molar-refractivity contribution is 0.0572. The minimum atomic E-state index is -1.49. The fourth-order valence-corrected chi connectivity index (χ4v) is 4.23. The number of amides is 2. The van der Waals surface area contributed by atoms with E-state index in [0.29, 0.717) is 44.0 Å². The monoisotopic (exact) mass is 518 g/mol. The summed E-state index contributed by atoms with van der Waals surface area (Å²) in [4.78, 5) is 25.7. The van der Waals surface area contributed by atoms with Gasteiger partial charge in [0.05, 0.1) is 17.8 Å². The lowest BCUT2D eigenvalue weighted by atomic mass is 10.1. The Bertz CT molecular complexity index is 1080. The molecule has 0 saturated carbocycles. The third kappa shape index (κ3) is 6.60. The largest absolute Gasteiger partial charge is 0.477 e. The zero-order valence-corrected chi connectivity index (χ0v) is 19.5. The Morgan fingerprint density at radius 3 is 2.54 bits per heavy atom. The molecule has 192 valence electrons. The van der Waals surface area contributed by atoms with E-state index in [1.807, 2.05) is 4.90 Å². The van der Waals surface area contributed by atoms with Gasteiger partial charge in [-0.15, -0.1) is 0 Å². The quantitative estimate of drug-likeness (QED) is 0.238. The van der Waals surface area contributed by atoms with Crippen molar-refractivity contribution in [1.29, 1.82) is 0 Å². The number of β-amino-alcohol motifs (C(OH)–C–C–N with tert-alkyl or cyclic N) is 2. The number of unbranched alkanes of at least 4 members (excludes halogenated alkanes) is 1. The van der Waals surface area contributed by atoms with Crippen LogP contribution in [0, 0.1) is 24.4 Å². The molecule has 2 aromatic rings. The van der Waals surface area contributed by atoms with E-state index in [0.717, 1.165) is 6.07 Å². The van der Waals surface area contributed by atoms with Crippen molar-refractivity contribution in [3.63, 3.8) is 0 Å². The van der Waals surface area contributed by atoms with Crippen LogP contribution >= 0.6 is 11.5 Å². The molecule has 2 unspecified atom stereocenters. The number of carboxylic acid groups (broad SMARTS) is 1. The number of aromatic carboxylic acids is 1. The van der Waals surface area contributed by atoms with E-state index in [1.54, 1.807) is 0 Å². The van der Waals surface area contributed by atoms with Gasteiger partial charge in [0.25, 0.3) is 0 Å². The Balaban J connectivity index is 1.51. The summed E-state index contributed by atoms with van der Waals surface area (Å²) in [5.74, 6) is -5.70. The predicted octanol–water partition coefficient (Wildman–Crippen LogP) is 2.09. The number of carboxylic acids is 1. The number of hydrogen-bond acceptors (Lipinski definition) is 8. The average Bonchev–Trinajstić information content (AvgIpc) is 3.33. The molecule has 3 rings (SSSR count). The van der Waals surface area contributed by atoms with E-state index in [9.17, 15) is 38.1 Å². The Morgan fingerprint density at radius 1 is 1.20 bits per heavy atom. The number of aliphatic hydroxyl groups excluding tert-OH is 2. The highest BCUT2D eigenvalue weighted by Gasteiger charge is 2.29. The number of ether oxygens (including phenoxy) is 1.